The number of methoxy groups -OCH3 is 4. The van der Waals surface area contributed by atoms with Crippen molar-refractivity contribution < 1.29 is 28.8 Å². The molecule has 0 aliphatic rings. The number of aliphatic carboxylic acids is 1. The average molecular weight is 507 g/mol. The first kappa shape index (κ1) is 27.1. The van der Waals surface area contributed by atoms with Crippen molar-refractivity contribution in [3.63, 3.8) is 0 Å². The van der Waals surface area contributed by atoms with Crippen LogP contribution in [-0.4, -0.2) is 44.1 Å². The quantitative estimate of drug-likeness (QED) is 0.350. The van der Waals surface area contributed by atoms with Gasteiger partial charge in [0.05, 0.1) is 34.1 Å². The molecule has 0 aliphatic carbocycles. The molecule has 1 aromatic heterocycles. The van der Waals surface area contributed by atoms with Crippen LogP contribution in [0.25, 0.3) is 22.4 Å². The van der Waals surface area contributed by atoms with Crippen LogP contribution in [0.15, 0.2) is 47.3 Å². The number of nitrogens with zero attached hydrogens (tertiary/aromatic N) is 2. The zero-order valence-electron chi connectivity index (χ0n) is 21.4. The van der Waals surface area contributed by atoms with Crippen molar-refractivity contribution in [3.05, 3.63) is 58.4 Å². The topological polar surface area (TPSA) is 120 Å². The van der Waals surface area contributed by atoms with Crippen molar-refractivity contribution in [2.45, 2.75) is 32.2 Å². The van der Waals surface area contributed by atoms with Crippen molar-refractivity contribution in [2.24, 2.45) is 0 Å². The molecule has 0 fully saturated rings. The smallest absolute Gasteiger partial charge is 0.303 e. The van der Waals surface area contributed by atoms with E-state index in [9.17, 15) is 14.9 Å². The highest BCUT2D eigenvalue weighted by molar-refractivity contribution is 5.79. The molecule has 0 saturated carbocycles. The number of unbranched alkanes of at least 4 members (excludes halogenated alkanes) is 2. The monoisotopic (exact) mass is 506 g/mol. The normalized spacial score (nSPS) is 10.5. The Balaban J connectivity index is 2.20. The lowest BCUT2D eigenvalue weighted by Crippen LogP contribution is -2.25. The van der Waals surface area contributed by atoms with Crippen LogP contribution in [0.2, 0.25) is 0 Å². The summed E-state index contributed by atoms with van der Waals surface area (Å²) in [6.07, 6.45) is 1.81. The van der Waals surface area contributed by atoms with Crippen LogP contribution in [0.4, 0.5) is 0 Å². The van der Waals surface area contributed by atoms with Gasteiger partial charge in [0.25, 0.3) is 5.56 Å². The van der Waals surface area contributed by atoms with Gasteiger partial charge in [0.1, 0.15) is 17.4 Å². The Kier molecular flexibility index (Phi) is 9.16. The summed E-state index contributed by atoms with van der Waals surface area (Å²) in [5.41, 5.74) is 1.93. The van der Waals surface area contributed by atoms with E-state index in [1.807, 2.05) is 12.1 Å². The van der Waals surface area contributed by atoms with Gasteiger partial charge < -0.3 is 28.6 Å². The van der Waals surface area contributed by atoms with Gasteiger partial charge in [-0.3, -0.25) is 9.59 Å². The van der Waals surface area contributed by atoms with E-state index in [0.717, 1.165) is 5.56 Å². The van der Waals surface area contributed by atoms with Crippen LogP contribution in [0.3, 0.4) is 0 Å². The minimum Gasteiger partial charge on any atom is -0.497 e. The molecule has 3 aromatic rings. The fraction of sp³-hybridized carbons (Fsp3) is 0.321. The van der Waals surface area contributed by atoms with Crippen LogP contribution in [-0.2, 0) is 11.3 Å². The third-order valence-electron chi connectivity index (χ3n) is 6.05. The van der Waals surface area contributed by atoms with E-state index in [2.05, 4.69) is 6.07 Å². The summed E-state index contributed by atoms with van der Waals surface area (Å²) >= 11 is 0. The first-order valence-corrected chi connectivity index (χ1v) is 11.7. The fourth-order valence-electron chi connectivity index (χ4n) is 4.16. The summed E-state index contributed by atoms with van der Waals surface area (Å²) in [7, 11) is 6.07. The van der Waals surface area contributed by atoms with Gasteiger partial charge in [0, 0.05) is 18.5 Å². The third kappa shape index (κ3) is 6.04. The number of carboxylic acid groups (broad SMARTS) is 1. The average Bonchev–Trinajstić information content (AvgIpc) is 2.92. The summed E-state index contributed by atoms with van der Waals surface area (Å²) in [4.78, 5) is 24.5. The lowest BCUT2D eigenvalue weighted by atomic mass is 9.97. The van der Waals surface area contributed by atoms with Crippen LogP contribution in [0, 0.1) is 11.3 Å². The fourth-order valence-corrected chi connectivity index (χ4v) is 4.16. The van der Waals surface area contributed by atoms with Gasteiger partial charge in [-0.15, -0.1) is 0 Å². The SMILES string of the molecule is COc1ccc(-c2cc(-c3cc(OC)c(OC)c(OC)c3)c(C#N)c(=O)n2CCCCCC(=O)O)cc1. The molecule has 0 atom stereocenters. The number of ether oxygens (including phenoxy) is 4. The summed E-state index contributed by atoms with van der Waals surface area (Å²) in [6, 6.07) is 14.6. The largest absolute Gasteiger partial charge is 0.497 e. The van der Waals surface area contributed by atoms with Crippen molar-refractivity contribution in [1.29, 1.82) is 5.26 Å². The standard InChI is InChI=1S/C28H30N2O7/c1-34-20-11-9-18(10-12-20)23-16-21(19-14-24(35-2)27(37-4)25(15-19)36-3)22(17-29)28(33)30(23)13-7-5-6-8-26(31)32/h9-12,14-16H,5-8,13H2,1-4H3,(H,31,32). The third-order valence-corrected chi connectivity index (χ3v) is 6.05. The van der Waals surface area contributed by atoms with Gasteiger partial charge in [-0.25, -0.2) is 0 Å². The van der Waals surface area contributed by atoms with Gasteiger partial charge >= 0.3 is 5.97 Å². The Morgan fingerprint density at radius 1 is 0.892 bits per heavy atom. The second-order valence-electron chi connectivity index (χ2n) is 8.23. The molecule has 0 spiro atoms. The Labute approximate surface area is 215 Å². The van der Waals surface area contributed by atoms with E-state index in [-0.39, 0.29) is 12.0 Å². The highest BCUT2D eigenvalue weighted by Crippen LogP contribution is 2.42. The van der Waals surface area contributed by atoms with Crippen LogP contribution in [0.1, 0.15) is 31.2 Å². The molecular formula is C28H30N2O7. The highest BCUT2D eigenvalue weighted by Gasteiger charge is 2.21. The van der Waals surface area contributed by atoms with E-state index < -0.39 is 11.5 Å². The molecule has 2 aromatic carbocycles. The number of nitriles is 1. The van der Waals surface area contributed by atoms with Gasteiger partial charge in [0.2, 0.25) is 5.75 Å². The number of benzene rings is 2. The lowest BCUT2D eigenvalue weighted by molar-refractivity contribution is -0.137. The van der Waals surface area contributed by atoms with Crippen molar-refractivity contribution >= 4 is 5.97 Å². The Bertz CT molecular complexity index is 1330. The van der Waals surface area contributed by atoms with E-state index in [4.69, 9.17) is 24.1 Å². The zero-order valence-corrected chi connectivity index (χ0v) is 21.4. The molecule has 1 N–H and O–H groups in total. The number of rotatable bonds is 12. The van der Waals surface area contributed by atoms with Crippen LogP contribution < -0.4 is 24.5 Å². The predicted octanol–water partition coefficient (Wildman–Crippen LogP) is 4.73. The van der Waals surface area contributed by atoms with Gasteiger partial charge in [-0.2, -0.15) is 5.26 Å². The summed E-state index contributed by atoms with van der Waals surface area (Å²) in [5.74, 6) is 1.02. The first-order chi connectivity index (χ1) is 17.9. The first-order valence-electron chi connectivity index (χ1n) is 11.7. The Hall–Kier alpha value is -4.45. The van der Waals surface area contributed by atoms with Crippen molar-refractivity contribution in [1.82, 2.24) is 4.57 Å². The molecule has 1 heterocycles. The van der Waals surface area contributed by atoms with E-state index in [0.29, 0.717) is 65.6 Å². The van der Waals surface area contributed by atoms with E-state index in [1.54, 1.807) is 42.0 Å². The molecule has 194 valence electrons. The molecular weight excluding hydrogens is 476 g/mol. The van der Waals surface area contributed by atoms with Gasteiger partial charge in [0.15, 0.2) is 11.5 Å². The number of pyridine rings is 1. The van der Waals surface area contributed by atoms with Crippen LogP contribution >= 0.6 is 0 Å². The minimum atomic E-state index is -0.849. The number of carbonyl (C=O) groups is 1. The second-order valence-corrected chi connectivity index (χ2v) is 8.23. The number of aromatic nitrogens is 1. The van der Waals surface area contributed by atoms with E-state index in [1.165, 1.54) is 21.3 Å². The summed E-state index contributed by atoms with van der Waals surface area (Å²) in [5, 5.41) is 18.9. The summed E-state index contributed by atoms with van der Waals surface area (Å²) in [6.45, 7) is 0.337. The van der Waals surface area contributed by atoms with Gasteiger partial charge in [-0.1, -0.05) is 6.42 Å². The molecule has 0 saturated heterocycles. The lowest BCUT2D eigenvalue weighted by Gasteiger charge is -2.18. The van der Waals surface area contributed by atoms with Crippen molar-refractivity contribution in [2.75, 3.05) is 28.4 Å². The molecule has 9 heteroatoms. The highest BCUT2D eigenvalue weighted by atomic mass is 16.5. The maximum atomic E-state index is 13.6. The van der Waals surface area contributed by atoms with Crippen molar-refractivity contribution in [3.8, 4) is 51.5 Å². The molecule has 9 nitrogen and oxygen atoms in total. The second kappa shape index (κ2) is 12.5. The summed E-state index contributed by atoms with van der Waals surface area (Å²) < 4.78 is 23.2. The van der Waals surface area contributed by atoms with Crippen LogP contribution in [0.5, 0.6) is 23.0 Å². The molecule has 37 heavy (non-hydrogen) atoms. The molecule has 0 bridgehead atoms. The zero-order chi connectivity index (χ0) is 26.9. The number of carboxylic acids is 1. The molecule has 0 aliphatic heterocycles. The molecule has 3 rings (SSSR count). The molecule has 0 radical (unpaired) electrons. The van der Waals surface area contributed by atoms with E-state index >= 15 is 0 Å². The van der Waals surface area contributed by atoms with Gasteiger partial charge in [-0.05, 0) is 66.4 Å². The maximum Gasteiger partial charge on any atom is 0.303 e. The Morgan fingerprint density at radius 2 is 1.54 bits per heavy atom. The maximum absolute atomic E-state index is 13.6. The number of hydrogen-bond donors (Lipinski definition) is 1. The minimum absolute atomic E-state index is 0.0166. The Morgan fingerprint density at radius 3 is 2.05 bits per heavy atom. The molecule has 0 amide bonds. The number of hydrogen-bond acceptors (Lipinski definition) is 7. The molecule has 0 unspecified atom stereocenters. The predicted molar refractivity (Wildman–Crippen MR) is 139 cm³/mol.